The van der Waals surface area contributed by atoms with Crippen molar-refractivity contribution in [2.24, 2.45) is 0 Å². The van der Waals surface area contributed by atoms with E-state index in [9.17, 15) is 9.59 Å². The van der Waals surface area contributed by atoms with Gasteiger partial charge in [-0.3, -0.25) is 9.59 Å². The highest BCUT2D eigenvalue weighted by molar-refractivity contribution is 5.97. The Morgan fingerprint density at radius 3 is 2.26 bits per heavy atom. The summed E-state index contributed by atoms with van der Waals surface area (Å²) in [5, 5.41) is 0. The molecular weight excluding hydrogens is 483 g/mol. The average Bonchev–Trinajstić information content (AvgIpc) is 3.20. The molecule has 1 saturated heterocycles. The van der Waals surface area contributed by atoms with Gasteiger partial charge in [-0.1, -0.05) is 19.8 Å². The first-order chi connectivity index (χ1) is 18.3. The molecule has 7 heteroatoms. The maximum atomic E-state index is 15.2. The number of hydrogen-bond acceptors (Lipinski definition) is 4. The van der Waals surface area contributed by atoms with Gasteiger partial charge in [-0.05, 0) is 76.4 Å². The van der Waals surface area contributed by atoms with E-state index in [-0.39, 0.29) is 29.5 Å². The highest BCUT2D eigenvalue weighted by Crippen LogP contribution is 2.35. The summed E-state index contributed by atoms with van der Waals surface area (Å²) >= 11 is 0. The van der Waals surface area contributed by atoms with E-state index >= 15 is 4.39 Å². The van der Waals surface area contributed by atoms with Gasteiger partial charge in [0.05, 0.1) is 6.61 Å². The Kier molecular flexibility index (Phi) is 11.1. The van der Waals surface area contributed by atoms with Gasteiger partial charge in [0.15, 0.2) is 0 Å². The standard InChI is InChI=1S/C31H43FN2O4/c1-6-23(4)34(22(2)3)31(36)25-12-14-26(29(21-25)38-19-11-18-37-5)27-20-24(13-15-28(27)32)30(35)33-16-9-7-8-10-17-33/h12-15,20-23H,6-11,16-19H2,1-5H3/t23-/m1/s1. The third-order valence-corrected chi connectivity index (χ3v) is 7.23. The molecule has 0 spiro atoms. The van der Waals surface area contributed by atoms with E-state index in [2.05, 4.69) is 6.92 Å². The monoisotopic (exact) mass is 526 g/mol. The number of carbonyl (C=O) groups excluding carboxylic acids is 2. The van der Waals surface area contributed by atoms with Crippen LogP contribution in [0, 0.1) is 5.82 Å². The fourth-order valence-corrected chi connectivity index (χ4v) is 4.99. The summed E-state index contributed by atoms with van der Waals surface area (Å²) in [5.74, 6) is -0.198. The molecule has 0 aromatic heterocycles. The Morgan fingerprint density at radius 1 is 0.947 bits per heavy atom. The maximum Gasteiger partial charge on any atom is 0.254 e. The van der Waals surface area contributed by atoms with Crippen molar-refractivity contribution in [2.75, 3.05) is 33.4 Å². The molecule has 1 heterocycles. The van der Waals surface area contributed by atoms with E-state index in [0.29, 0.717) is 42.1 Å². The quantitative estimate of drug-likeness (QED) is 0.311. The van der Waals surface area contributed by atoms with Gasteiger partial charge >= 0.3 is 0 Å². The van der Waals surface area contributed by atoms with Crippen molar-refractivity contribution in [2.45, 2.75) is 78.3 Å². The molecule has 0 aliphatic carbocycles. The fourth-order valence-electron chi connectivity index (χ4n) is 4.99. The van der Waals surface area contributed by atoms with E-state index in [1.54, 1.807) is 37.4 Å². The first-order valence-corrected chi connectivity index (χ1v) is 14.0. The number of benzene rings is 2. The molecule has 1 aliphatic rings. The van der Waals surface area contributed by atoms with Crippen molar-refractivity contribution >= 4 is 11.8 Å². The molecule has 2 amide bonds. The van der Waals surface area contributed by atoms with Crippen molar-refractivity contribution in [3.63, 3.8) is 0 Å². The van der Waals surface area contributed by atoms with E-state index in [1.165, 1.54) is 6.07 Å². The van der Waals surface area contributed by atoms with Crippen molar-refractivity contribution in [1.82, 2.24) is 9.80 Å². The molecule has 0 unspecified atom stereocenters. The lowest BCUT2D eigenvalue weighted by Gasteiger charge is -2.32. The lowest BCUT2D eigenvalue weighted by Crippen LogP contribution is -2.43. The third-order valence-electron chi connectivity index (χ3n) is 7.23. The molecule has 0 radical (unpaired) electrons. The second-order valence-electron chi connectivity index (χ2n) is 10.4. The Hall–Kier alpha value is -2.93. The predicted octanol–water partition coefficient (Wildman–Crippen LogP) is 6.57. The first-order valence-electron chi connectivity index (χ1n) is 14.0. The minimum Gasteiger partial charge on any atom is -0.493 e. The number of ether oxygens (including phenoxy) is 2. The molecule has 3 rings (SSSR count). The summed E-state index contributed by atoms with van der Waals surface area (Å²) in [6.07, 6.45) is 5.70. The number of rotatable bonds is 11. The van der Waals surface area contributed by atoms with Crippen LogP contribution in [0.1, 0.15) is 86.9 Å². The number of halogens is 1. The van der Waals surface area contributed by atoms with Crippen LogP contribution < -0.4 is 4.74 Å². The van der Waals surface area contributed by atoms with E-state index in [1.807, 2.05) is 30.6 Å². The molecule has 1 fully saturated rings. The molecule has 0 saturated carbocycles. The number of methoxy groups -OCH3 is 1. The largest absolute Gasteiger partial charge is 0.493 e. The van der Waals surface area contributed by atoms with E-state index < -0.39 is 5.82 Å². The molecule has 2 aromatic rings. The van der Waals surface area contributed by atoms with Gasteiger partial charge in [0, 0.05) is 67.6 Å². The zero-order chi connectivity index (χ0) is 27.7. The van der Waals surface area contributed by atoms with Crippen molar-refractivity contribution < 1.29 is 23.5 Å². The Balaban J connectivity index is 2.00. The number of nitrogens with zero attached hydrogens (tertiary/aromatic N) is 2. The SMILES string of the molecule is CC[C@@H](C)N(C(=O)c1ccc(-c2cc(C(=O)N3CCCCCC3)ccc2F)c(OCCCOC)c1)C(C)C. The lowest BCUT2D eigenvalue weighted by atomic mass is 9.98. The molecule has 208 valence electrons. The Bertz CT molecular complexity index is 1080. The normalized spacial score (nSPS) is 14.8. The molecule has 6 nitrogen and oxygen atoms in total. The Morgan fingerprint density at radius 2 is 1.63 bits per heavy atom. The van der Waals surface area contributed by atoms with Gasteiger partial charge < -0.3 is 19.3 Å². The van der Waals surface area contributed by atoms with Gasteiger partial charge in [0.1, 0.15) is 11.6 Å². The second kappa shape index (κ2) is 14.3. The topological polar surface area (TPSA) is 59.1 Å². The van der Waals surface area contributed by atoms with Gasteiger partial charge in [0.2, 0.25) is 0 Å². The van der Waals surface area contributed by atoms with Crippen molar-refractivity contribution in [3.05, 3.63) is 53.3 Å². The average molecular weight is 527 g/mol. The van der Waals surface area contributed by atoms with Crippen LogP contribution in [0.5, 0.6) is 5.75 Å². The molecule has 1 aliphatic heterocycles. The van der Waals surface area contributed by atoms with Crippen molar-refractivity contribution in [3.8, 4) is 16.9 Å². The summed E-state index contributed by atoms with van der Waals surface area (Å²) in [6, 6.07) is 9.76. The lowest BCUT2D eigenvalue weighted by molar-refractivity contribution is 0.0620. The third kappa shape index (κ3) is 7.34. The molecule has 2 aromatic carbocycles. The van der Waals surface area contributed by atoms with Gasteiger partial charge in [-0.2, -0.15) is 0 Å². The number of hydrogen-bond donors (Lipinski definition) is 0. The summed E-state index contributed by atoms with van der Waals surface area (Å²) in [5.41, 5.74) is 1.74. The summed E-state index contributed by atoms with van der Waals surface area (Å²) in [4.78, 5) is 30.5. The molecule has 1 atom stereocenters. The van der Waals surface area contributed by atoms with Crippen LogP contribution in [0.3, 0.4) is 0 Å². The highest BCUT2D eigenvalue weighted by atomic mass is 19.1. The zero-order valence-corrected chi connectivity index (χ0v) is 23.6. The van der Waals surface area contributed by atoms with Crippen LogP contribution in [-0.2, 0) is 4.74 Å². The number of likely N-dealkylation sites (tertiary alicyclic amines) is 1. The molecule has 0 N–H and O–H groups in total. The van der Waals surface area contributed by atoms with E-state index in [4.69, 9.17) is 9.47 Å². The summed E-state index contributed by atoms with van der Waals surface area (Å²) < 4.78 is 26.4. The smallest absolute Gasteiger partial charge is 0.254 e. The highest BCUT2D eigenvalue weighted by Gasteiger charge is 2.25. The molecule has 38 heavy (non-hydrogen) atoms. The predicted molar refractivity (Wildman–Crippen MR) is 149 cm³/mol. The number of amides is 2. The first kappa shape index (κ1) is 29.6. The molecular formula is C31H43FN2O4. The summed E-state index contributed by atoms with van der Waals surface area (Å²) in [7, 11) is 1.63. The molecule has 0 bridgehead atoms. The minimum atomic E-state index is -0.443. The van der Waals surface area contributed by atoms with Gasteiger partial charge in [-0.15, -0.1) is 0 Å². The number of carbonyl (C=O) groups is 2. The van der Waals surface area contributed by atoms with Crippen LogP contribution in [0.15, 0.2) is 36.4 Å². The zero-order valence-electron chi connectivity index (χ0n) is 23.6. The van der Waals surface area contributed by atoms with Crippen LogP contribution >= 0.6 is 0 Å². The van der Waals surface area contributed by atoms with Gasteiger partial charge in [0.25, 0.3) is 11.8 Å². The minimum absolute atomic E-state index is 0.0299. The summed E-state index contributed by atoms with van der Waals surface area (Å²) in [6.45, 7) is 10.4. The van der Waals surface area contributed by atoms with Crippen LogP contribution in [-0.4, -0.2) is 67.1 Å². The van der Waals surface area contributed by atoms with E-state index in [0.717, 1.165) is 45.2 Å². The van der Waals surface area contributed by atoms with Crippen LogP contribution in [0.2, 0.25) is 0 Å². The second-order valence-corrected chi connectivity index (χ2v) is 10.4. The van der Waals surface area contributed by atoms with Gasteiger partial charge in [-0.25, -0.2) is 4.39 Å². The Labute approximate surface area is 227 Å². The van der Waals surface area contributed by atoms with Crippen molar-refractivity contribution in [1.29, 1.82) is 0 Å². The fraction of sp³-hybridized carbons (Fsp3) is 0.548. The maximum absolute atomic E-state index is 15.2. The van der Waals surface area contributed by atoms with Crippen LogP contribution in [0.4, 0.5) is 4.39 Å². The van der Waals surface area contributed by atoms with Crippen LogP contribution in [0.25, 0.3) is 11.1 Å².